The number of nitrogens with zero attached hydrogens (tertiary/aromatic N) is 3. The molecule has 0 saturated carbocycles. The quantitative estimate of drug-likeness (QED) is 0.758. The Bertz CT molecular complexity index is 855. The summed E-state index contributed by atoms with van der Waals surface area (Å²) in [5, 5.41) is 0.879. The van der Waals surface area contributed by atoms with E-state index < -0.39 is 0 Å². The number of H-pyrrole nitrogens is 1. The fourth-order valence-electron chi connectivity index (χ4n) is 1.91. The van der Waals surface area contributed by atoms with Gasteiger partial charge < -0.3 is 10.7 Å². The van der Waals surface area contributed by atoms with Crippen LogP contribution in [0.5, 0.6) is 0 Å². The predicted molar refractivity (Wildman–Crippen MR) is 78.1 cm³/mol. The van der Waals surface area contributed by atoms with Crippen LogP contribution in [0.1, 0.15) is 5.56 Å². The maximum atomic E-state index is 12.3. The molecule has 0 aliphatic carbocycles. The summed E-state index contributed by atoms with van der Waals surface area (Å²) in [5.41, 5.74) is 6.94. The Morgan fingerprint density at radius 1 is 1.30 bits per heavy atom. The van der Waals surface area contributed by atoms with Gasteiger partial charge in [-0.1, -0.05) is 29.3 Å². The van der Waals surface area contributed by atoms with Crippen LogP contribution >= 0.6 is 23.2 Å². The first kappa shape index (κ1) is 13.0. The second-order valence-electron chi connectivity index (χ2n) is 4.21. The van der Waals surface area contributed by atoms with Gasteiger partial charge in [-0.05, 0) is 17.7 Å². The number of halogens is 2. The smallest absolute Gasteiger partial charge is 0.281 e. The molecule has 0 unspecified atom stereocenters. The van der Waals surface area contributed by atoms with Crippen molar-refractivity contribution in [1.82, 2.24) is 19.5 Å². The zero-order valence-corrected chi connectivity index (χ0v) is 11.6. The molecule has 3 rings (SSSR count). The van der Waals surface area contributed by atoms with Crippen molar-refractivity contribution < 1.29 is 0 Å². The molecule has 6 nitrogen and oxygen atoms in total. The zero-order chi connectivity index (χ0) is 14.3. The fraction of sp³-hybridized carbons (Fsp3) is 0.0833. The lowest BCUT2D eigenvalue weighted by Gasteiger charge is -2.09. The Labute approximate surface area is 123 Å². The van der Waals surface area contributed by atoms with Crippen LogP contribution in [0.15, 0.2) is 29.3 Å². The normalized spacial score (nSPS) is 11.1. The maximum Gasteiger partial charge on any atom is 0.281 e. The van der Waals surface area contributed by atoms with Crippen molar-refractivity contribution in [3.8, 4) is 0 Å². The highest BCUT2D eigenvalue weighted by atomic mass is 35.5. The van der Waals surface area contributed by atoms with Gasteiger partial charge in [-0.15, -0.1) is 0 Å². The van der Waals surface area contributed by atoms with E-state index in [9.17, 15) is 4.79 Å². The molecule has 2 heterocycles. The van der Waals surface area contributed by atoms with E-state index in [2.05, 4.69) is 15.0 Å². The minimum absolute atomic E-state index is 0.0978. The fourth-order valence-corrected chi connectivity index (χ4v) is 2.23. The van der Waals surface area contributed by atoms with Crippen LogP contribution in [0.4, 0.5) is 5.95 Å². The molecule has 0 fully saturated rings. The van der Waals surface area contributed by atoms with Crippen LogP contribution in [-0.2, 0) is 6.54 Å². The van der Waals surface area contributed by atoms with Crippen molar-refractivity contribution in [3.05, 3.63) is 50.5 Å². The van der Waals surface area contributed by atoms with Gasteiger partial charge >= 0.3 is 0 Å². The lowest BCUT2D eigenvalue weighted by molar-refractivity contribution is 0.761. The van der Waals surface area contributed by atoms with E-state index in [0.717, 1.165) is 5.56 Å². The largest absolute Gasteiger partial charge is 0.369 e. The van der Waals surface area contributed by atoms with Crippen LogP contribution in [0, 0.1) is 0 Å². The highest BCUT2D eigenvalue weighted by Gasteiger charge is 2.11. The number of anilines is 1. The number of hydrogen-bond donors (Lipinski definition) is 2. The van der Waals surface area contributed by atoms with E-state index in [4.69, 9.17) is 28.9 Å². The topological polar surface area (TPSA) is 89.6 Å². The molecule has 0 radical (unpaired) electrons. The van der Waals surface area contributed by atoms with Crippen LogP contribution in [0.2, 0.25) is 10.0 Å². The van der Waals surface area contributed by atoms with Gasteiger partial charge in [0.25, 0.3) is 5.56 Å². The molecular formula is C12H9Cl2N5O. The van der Waals surface area contributed by atoms with Crippen molar-refractivity contribution in [2.75, 3.05) is 5.73 Å². The molecule has 2 aromatic heterocycles. The molecule has 0 aliphatic heterocycles. The van der Waals surface area contributed by atoms with E-state index in [1.807, 2.05) is 0 Å². The van der Waals surface area contributed by atoms with Gasteiger partial charge in [0.05, 0.1) is 22.9 Å². The lowest BCUT2D eigenvalue weighted by atomic mass is 10.2. The number of fused-ring (bicyclic) bond motifs is 1. The minimum Gasteiger partial charge on any atom is -0.369 e. The maximum absolute atomic E-state index is 12.3. The van der Waals surface area contributed by atoms with Crippen molar-refractivity contribution in [2.45, 2.75) is 6.54 Å². The minimum atomic E-state index is -0.281. The van der Waals surface area contributed by atoms with Gasteiger partial charge in [-0.25, -0.2) is 4.98 Å². The SMILES string of the molecule is Nc1nc2nc[nH]c2c(=O)n1Cc1ccc(Cl)c(Cl)c1. The molecule has 0 spiro atoms. The van der Waals surface area contributed by atoms with E-state index in [-0.39, 0.29) is 18.1 Å². The van der Waals surface area contributed by atoms with Gasteiger partial charge in [-0.2, -0.15) is 4.98 Å². The molecule has 8 heteroatoms. The molecule has 102 valence electrons. The van der Waals surface area contributed by atoms with Gasteiger partial charge in [-0.3, -0.25) is 9.36 Å². The number of imidazole rings is 1. The summed E-state index contributed by atoms with van der Waals surface area (Å²) < 4.78 is 1.35. The van der Waals surface area contributed by atoms with Gasteiger partial charge in [0, 0.05) is 0 Å². The highest BCUT2D eigenvalue weighted by molar-refractivity contribution is 6.42. The zero-order valence-electron chi connectivity index (χ0n) is 10.1. The number of aromatic amines is 1. The van der Waals surface area contributed by atoms with Gasteiger partial charge in [0.15, 0.2) is 11.2 Å². The summed E-state index contributed by atoms with van der Waals surface area (Å²) in [6, 6.07) is 5.13. The Morgan fingerprint density at radius 3 is 2.85 bits per heavy atom. The van der Waals surface area contributed by atoms with E-state index in [1.54, 1.807) is 18.2 Å². The first-order valence-corrected chi connectivity index (χ1v) is 6.45. The standard InChI is InChI=1S/C12H9Cl2N5O/c13-7-2-1-6(3-8(7)14)4-19-11(20)9-10(17-5-16-9)18-12(19)15/h1-3,5H,4H2,(H2,15,18)(H,16,17). The van der Waals surface area contributed by atoms with E-state index >= 15 is 0 Å². The highest BCUT2D eigenvalue weighted by Crippen LogP contribution is 2.23. The molecular weight excluding hydrogens is 301 g/mol. The summed E-state index contributed by atoms with van der Waals surface area (Å²) >= 11 is 11.8. The number of nitrogen functional groups attached to an aromatic ring is 1. The number of aromatic nitrogens is 4. The average Bonchev–Trinajstić information content (AvgIpc) is 2.87. The summed E-state index contributed by atoms with van der Waals surface area (Å²) in [7, 11) is 0. The Morgan fingerprint density at radius 2 is 2.10 bits per heavy atom. The van der Waals surface area contributed by atoms with Crippen molar-refractivity contribution in [1.29, 1.82) is 0 Å². The van der Waals surface area contributed by atoms with Crippen LogP contribution in [0.25, 0.3) is 11.2 Å². The second kappa shape index (κ2) is 4.81. The van der Waals surface area contributed by atoms with E-state index in [1.165, 1.54) is 10.9 Å². The lowest BCUT2D eigenvalue weighted by Crippen LogP contribution is -2.25. The number of hydrogen-bond acceptors (Lipinski definition) is 4. The molecule has 3 N–H and O–H groups in total. The number of nitrogens with one attached hydrogen (secondary N) is 1. The predicted octanol–water partition coefficient (Wildman–Crippen LogP) is 2.06. The van der Waals surface area contributed by atoms with E-state index in [0.29, 0.717) is 21.2 Å². The number of rotatable bonds is 2. The molecule has 3 aromatic rings. The molecule has 20 heavy (non-hydrogen) atoms. The monoisotopic (exact) mass is 309 g/mol. The van der Waals surface area contributed by atoms with Crippen LogP contribution in [-0.4, -0.2) is 19.5 Å². The van der Waals surface area contributed by atoms with Crippen molar-refractivity contribution in [3.63, 3.8) is 0 Å². The van der Waals surface area contributed by atoms with Crippen LogP contribution in [0.3, 0.4) is 0 Å². The van der Waals surface area contributed by atoms with Crippen molar-refractivity contribution >= 4 is 40.3 Å². The summed E-state index contributed by atoms with van der Waals surface area (Å²) in [5.74, 6) is 0.0978. The summed E-state index contributed by atoms with van der Waals surface area (Å²) in [4.78, 5) is 23.0. The molecule has 0 atom stereocenters. The molecule has 1 aromatic carbocycles. The number of benzene rings is 1. The summed E-state index contributed by atoms with van der Waals surface area (Å²) in [6.07, 6.45) is 1.40. The molecule has 0 amide bonds. The molecule has 0 saturated heterocycles. The number of nitrogens with two attached hydrogens (primary N) is 1. The van der Waals surface area contributed by atoms with Gasteiger partial charge in [0.1, 0.15) is 0 Å². The second-order valence-corrected chi connectivity index (χ2v) is 5.03. The average molecular weight is 310 g/mol. The Hall–Kier alpha value is -2.05. The first-order chi connectivity index (χ1) is 9.56. The van der Waals surface area contributed by atoms with Crippen molar-refractivity contribution in [2.24, 2.45) is 0 Å². The van der Waals surface area contributed by atoms with Gasteiger partial charge in [0.2, 0.25) is 5.95 Å². The van der Waals surface area contributed by atoms with Crippen LogP contribution < -0.4 is 11.3 Å². The Balaban J connectivity index is 2.10. The molecule has 0 bridgehead atoms. The third kappa shape index (κ3) is 2.13. The third-order valence-corrected chi connectivity index (χ3v) is 3.64. The molecule has 0 aliphatic rings. The first-order valence-electron chi connectivity index (χ1n) is 5.69. The Kier molecular flexibility index (Phi) is 3.11. The third-order valence-electron chi connectivity index (χ3n) is 2.90. The summed E-state index contributed by atoms with van der Waals surface area (Å²) in [6.45, 7) is 0.253.